The first kappa shape index (κ1) is 17.6. The predicted molar refractivity (Wildman–Crippen MR) is 107 cm³/mol. The Kier molecular flexibility index (Phi) is 4.84. The van der Waals surface area contributed by atoms with Gasteiger partial charge in [0.2, 0.25) is 11.8 Å². The van der Waals surface area contributed by atoms with Gasteiger partial charge in [0, 0.05) is 50.5 Å². The number of benzene rings is 2. The number of carbonyl (C=O) groups is 2. The molecule has 0 bridgehead atoms. The molecule has 2 saturated heterocycles. The molecule has 2 aliphatic rings. The predicted octanol–water partition coefficient (Wildman–Crippen LogP) is 2.70. The third kappa shape index (κ3) is 3.54. The van der Waals surface area contributed by atoms with Crippen LogP contribution in [0, 0.1) is 12.8 Å². The van der Waals surface area contributed by atoms with Gasteiger partial charge in [-0.25, -0.2) is 0 Å². The van der Waals surface area contributed by atoms with Crippen LogP contribution in [0.2, 0.25) is 0 Å². The minimum atomic E-state index is -0.236. The number of piperazine rings is 1. The third-order valence-corrected chi connectivity index (χ3v) is 5.59. The summed E-state index contributed by atoms with van der Waals surface area (Å²) in [7, 11) is 0. The van der Waals surface area contributed by atoms with Crippen molar-refractivity contribution in [2.24, 2.45) is 5.92 Å². The van der Waals surface area contributed by atoms with E-state index in [1.165, 1.54) is 5.69 Å². The van der Waals surface area contributed by atoms with Gasteiger partial charge in [-0.15, -0.1) is 0 Å². The number of anilines is 2. The van der Waals surface area contributed by atoms with Crippen LogP contribution in [0.1, 0.15) is 12.0 Å². The quantitative estimate of drug-likeness (QED) is 0.842. The largest absolute Gasteiger partial charge is 0.368 e. The van der Waals surface area contributed by atoms with Crippen molar-refractivity contribution < 1.29 is 9.59 Å². The number of hydrogen-bond acceptors (Lipinski definition) is 3. The number of para-hydroxylation sites is 2. The zero-order valence-electron chi connectivity index (χ0n) is 15.7. The number of aryl methyl sites for hydroxylation is 1. The Hall–Kier alpha value is -2.82. The van der Waals surface area contributed by atoms with Crippen LogP contribution in [0.15, 0.2) is 54.6 Å². The Morgan fingerprint density at radius 3 is 2.30 bits per heavy atom. The first-order chi connectivity index (χ1) is 13.1. The fourth-order valence-electron chi connectivity index (χ4n) is 4.05. The summed E-state index contributed by atoms with van der Waals surface area (Å²) in [6, 6.07) is 18.2. The topological polar surface area (TPSA) is 43.9 Å². The highest BCUT2D eigenvalue weighted by atomic mass is 16.2. The molecular weight excluding hydrogens is 338 g/mol. The van der Waals surface area contributed by atoms with E-state index in [-0.39, 0.29) is 17.7 Å². The lowest BCUT2D eigenvalue weighted by Gasteiger charge is -2.37. The van der Waals surface area contributed by atoms with Crippen molar-refractivity contribution >= 4 is 23.2 Å². The molecule has 5 nitrogen and oxygen atoms in total. The molecule has 0 aromatic heterocycles. The summed E-state index contributed by atoms with van der Waals surface area (Å²) >= 11 is 0. The first-order valence-corrected chi connectivity index (χ1v) is 9.58. The molecule has 4 rings (SSSR count). The van der Waals surface area contributed by atoms with Crippen LogP contribution in [0.3, 0.4) is 0 Å². The van der Waals surface area contributed by atoms with Gasteiger partial charge in [0.15, 0.2) is 0 Å². The number of amides is 2. The second-order valence-electron chi connectivity index (χ2n) is 7.34. The van der Waals surface area contributed by atoms with Crippen molar-refractivity contribution in [3.05, 3.63) is 60.2 Å². The van der Waals surface area contributed by atoms with E-state index in [2.05, 4.69) is 17.0 Å². The molecule has 2 heterocycles. The van der Waals surface area contributed by atoms with Crippen molar-refractivity contribution in [3.8, 4) is 0 Å². The van der Waals surface area contributed by atoms with E-state index in [0.717, 1.165) is 24.3 Å². The molecule has 0 N–H and O–H groups in total. The summed E-state index contributed by atoms with van der Waals surface area (Å²) in [6.07, 6.45) is 0.312. The molecule has 0 aliphatic carbocycles. The minimum absolute atomic E-state index is 0.0468. The Morgan fingerprint density at radius 1 is 0.926 bits per heavy atom. The van der Waals surface area contributed by atoms with Crippen LogP contribution in [0.25, 0.3) is 0 Å². The number of rotatable bonds is 3. The van der Waals surface area contributed by atoms with Gasteiger partial charge in [-0.05, 0) is 30.7 Å². The molecule has 0 radical (unpaired) electrons. The van der Waals surface area contributed by atoms with E-state index in [9.17, 15) is 9.59 Å². The molecule has 2 aromatic carbocycles. The molecule has 1 atom stereocenters. The van der Waals surface area contributed by atoms with E-state index in [1.54, 1.807) is 4.90 Å². The van der Waals surface area contributed by atoms with Crippen LogP contribution < -0.4 is 9.80 Å². The van der Waals surface area contributed by atoms with E-state index in [4.69, 9.17) is 0 Å². The number of carbonyl (C=O) groups excluding carboxylic acids is 2. The average molecular weight is 363 g/mol. The van der Waals surface area contributed by atoms with Crippen molar-refractivity contribution in [3.63, 3.8) is 0 Å². The second kappa shape index (κ2) is 7.43. The highest BCUT2D eigenvalue weighted by Crippen LogP contribution is 2.29. The SMILES string of the molecule is Cc1ccccc1N1CC(C(=O)N2CCN(c3ccccc3)CC2)CC1=O. The standard InChI is InChI=1S/C22H25N3O2/c1-17-7-5-6-10-20(17)25-16-18(15-21(25)26)22(27)24-13-11-23(12-14-24)19-8-3-2-4-9-19/h2-10,18H,11-16H2,1H3. The van der Waals surface area contributed by atoms with Gasteiger partial charge in [-0.2, -0.15) is 0 Å². The first-order valence-electron chi connectivity index (χ1n) is 9.58. The Balaban J connectivity index is 1.38. The maximum Gasteiger partial charge on any atom is 0.228 e. The summed E-state index contributed by atoms with van der Waals surface area (Å²) in [5.41, 5.74) is 3.19. The summed E-state index contributed by atoms with van der Waals surface area (Å²) in [5.74, 6) is -0.0712. The van der Waals surface area contributed by atoms with Gasteiger partial charge in [0.1, 0.15) is 0 Å². The molecule has 1 unspecified atom stereocenters. The van der Waals surface area contributed by atoms with Crippen molar-refractivity contribution in [2.75, 3.05) is 42.5 Å². The summed E-state index contributed by atoms with van der Waals surface area (Å²) in [6.45, 7) is 5.57. The van der Waals surface area contributed by atoms with Gasteiger partial charge in [-0.1, -0.05) is 36.4 Å². The maximum atomic E-state index is 13.0. The van der Waals surface area contributed by atoms with Crippen LogP contribution in [-0.4, -0.2) is 49.4 Å². The molecule has 2 aliphatic heterocycles. The third-order valence-electron chi connectivity index (χ3n) is 5.59. The van der Waals surface area contributed by atoms with Gasteiger partial charge in [-0.3, -0.25) is 9.59 Å². The Bertz CT molecular complexity index is 828. The van der Waals surface area contributed by atoms with E-state index in [1.807, 2.05) is 54.3 Å². The molecule has 2 amide bonds. The van der Waals surface area contributed by atoms with Crippen molar-refractivity contribution in [1.29, 1.82) is 0 Å². The fourth-order valence-corrected chi connectivity index (χ4v) is 4.05. The van der Waals surface area contributed by atoms with Gasteiger partial charge in [0.05, 0.1) is 5.92 Å². The van der Waals surface area contributed by atoms with E-state index in [0.29, 0.717) is 26.1 Å². The summed E-state index contributed by atoms with van der Waals surface area (Å²) in [4.78, 5) is 31.5. The smallest absolute Gasteiger partial charge is 0.228 e. The average Bonchev–Trinajstić information content (AvgIpc) is 3.10. The normalized spacial score (nSPS) is 20.3. The highest BCUT2D eigenvalue weighted by Gasteiger charge is 2.38. The maximum absolute atomic E-state index is 13.0. The number of hydrogen-bond donors (Lipinski definition) is 0. The van der Waals surface area contributed by atoms with Crippen LogP contribution in [0.4, 0.5) is 11.4 Å². The number of nitrogens with zero attached hydrogens (tertiary/aromatic N) is 3. The van der Waals surface area contributed by atoms with Gasteiger partial charge < -0.3 is 14.7 Å². The second-order valence-corrected chi connectivity index (χ2v) is 7.34. The van der Waals surface area contributed by atoms with Crippen molar-refractivity contribution in [1.82, 2.24) is 4.90 Å². The summed E-state index contributed by atoms with van der Waals surface area (Å²) < 4.78 is 0. The van der Waals surface area contributed by atoms with E-state index < -0.39 is 0 Å². The lowest BCUT2D eigenvalue weighted by molar-refractivity contribution is -0.136. The van der Waals surface area contributed by atoms with Crippen LogP contribution in [-0.2, 0) is 9.59 Å². The molecule has 2 aromatic rings. The lowest BCUT2D eigenvalue weighted by atomic mass is 10.1. The Morgan fingerprint density at radius 2 is 1.59 bits per heavy atom. The zero-order valence-corrected chi connectivity index (χ0v) is 15.7. The van der Waals surface area contributed by atoms with Crippen LogP contribution in [0.5, 0.6) is 0 Å². The monoisotopic (exact) mass is 363 g/mol. The Labute approximate surface area is 160 Å². The highest BCUT2D eigenvalue weighted by molar-refractivity contribution is 6.00. The molecule has 0 spiro atoms. The lowest BCUT2D eigenvalue weighted by Crippen LogP contribution is -2.50. The van der Waals surface area contributed by atoms with Crippen molar-refractivity contribution in [2.45, 2.75) is 13.3 Å². The molecule has 2 fully saturated rings. The van der Waals surface area contributed by atoms with Gasteiger partial charge >= 0.3 is 0 Å². The molecule has 27 heavy (non-hydrogen) atoms. The minimum Gasteiger partial charge on any atom is -0.368 e. The fraction of sp³-hybridized carbons (Fsp3) is 0.364. The zero-order chi connectivity index (χ0) is 18.8. The van der Waals surface area contributed by atoms with E-state index >= 15 is 0 Å². The molecule has 0 saturated carbocycles. The summed E-state index contributed by atoms with van der Waals surface area (Å²) in [5, 5.41) is 0. The van der Waals surface area contributed by atoms with Crippen LogP contribution >= 0.6 is 0 Å². The molecule has 5 heteroatoms. The molecular formula is C22H25N3O2. The molecule has 140 valence electrons. The van der Waals surface area contributed by atoms with Gasteiger partial charge in [0.25, 0.3) is 0 Å².